The van der Waals surface area contributed by atoms with E-state index < -0.39 is 8.32 Å². The third-order valence-electron chi connectivity index (χ3n) is 4.02. The first-order chi connectivity index (χ1) is 9.99. The molecule has 1 rings (SSSR count). The highest BCUT2D eigenvalue weighted by molar-refractivity contribution is 6.70. The Kier molecular flexibility index (Phi) is 9.06. The maximum absolute atomic E-state index is 6.38. The van der Waals surface area contributed by atoms with Crippen molar-refractivity contribution in [2.75, 3.05) is 0 Å². The zero-order chi connectivity index (χ0) is 15.6. The molecule has 0 N–H and O–H groups in total. The summed E-state index contributed by atoms with van der Waals surface area (Å²) in [5.41, 5.74) is 1.50. The highest BCUT2D eigenvalue weighted by atomic mass is 28.4. The van der Waals surface area contributed by atoms with E-state index in [2.05, 4.69) is 38.7 Å². The van der Waals surface area contributed by atoms with Crippen molar-refractivity contribution >= 4 is 8.32 Å². The van der Waals surface area contributed by atoms with Crippen LogP contribution in [0.3, 0.4) is 0 Å². The van der Waals surface area contributed by atoms with E-state index in [9.17, 15) is 0 Å². The highest BCUT2D eigenvalue weighted by Crippen LogP contribution is 2.24. The smallest absolute Gasteiger partial charge is 0.241 e. The summed E-state index contributed by atoms with van der Waals surface area (Å²) in [6.07, 6.45) is 19.1. The lowest BCUT2D eigenvalue weighted by molar-refractivity contribution is 0.381. The van der Waals surface area contributed by atoms with Crippen molar-refractivity contribution in [3.63, 3.8) is 0 Å². The van der Waals surface area contributed by atoms with Gasteiger partial charge in [-0.15, -0.1) is 0 Å². The van der Waals surface area contributed by atoms with E-state index in [4.69, 9.17) is 4.43 Å². The monoisotopic (exact) mass is 308 g/mol. The molecular weight excluding hydrogens is 272 g/mol. The fourth-order valence-corrected chi connectivity index (χ4v) is 3.85. The van der Waals surface area contributed by atoms with Gasteiger partial charge in [0.1, 0.15) is 0 Å². The Morgan fingerprint density at radius 1 is 0.762 bits per heavy atom. The Morgan fingerprint density at radius 3 is 2.00 bits per heavy atom. The van der Waals surface area contributed by atoms with Crippen LogP contribution in [0.15, 0.2) is 23.5 Å². The van der Waals surface area contributed by atoms with Crippen LogP contribution >= 0.6 is 0 Å². The number of allylic oxidation sites excluding steroid dienone is 4. The maximum atomic E-state index is 6.38. The summed E-state index contributed by atoms with van der Waals surface area (Å²) in [4.78, 5) is 0. The van der Waals surface area contributed by atoms with Gasteiger partial charge in [0.25, 0.3) is 0 Å². The van der Waals surface area contributed by atoms with Gasteiger partial charge in [-0.2, -0.15) is 0 Å². The van der Waals surface area contributed by atoms with Crippen LogP contribution in [-0.4, -0.2) is 8.32 Å². The molecule has 0 bridgehead atoms. The summed E-state index contributed by atoms with van der Waals surface area (Å²) < 4.78 is 6.38. The summed E-state index contributed by atoms with van der Waals surface area (Å²) in [6, 6.07) is 0. The molecule has 2 heteroatoms. The molecule has 0 spiro atoms. The van der Waals surface area contributed by atoms with Crippen molar-refractivity contribution < 1.29 is 4.43 Å². The van der Waals surface area contributed by atoms with Crippen molar-refractivity contribution in [1.29, 1.82) is 0 Å². The Bertz CT molecular complexity index is 336. The topological polar surface area (TPSA) is 9.23 Å². The van der Waals surface area contributed by atoms with Gasteiger partial charge in [-0.25, -0.2) is 0 Å². The average molecular weight is 309 g/mol. The molecule has 1 aliphatic rings. The minimum Gasteiger partial charge on any atom is -0.547 e. The van der Waals surface area contributed by atoms with Crippen molar-refractivity contribution in [1.82, 2.24) is 0 Å². The average Bonchev–Trinajstić information content (AvgIpc) is 2.40. The Labute approximate surface area is 134 Å². The summed E-state index contributed by atoms with van der Waals surface area (Å²) in [6.45, 7) is 9.18. The fraction of sp³-hybridized carbons (Fsp3) is 0.789. The molecule has 122 valence electrons. The second kappa shape index (κ2) is 10.3. The molecule has 0 saturated carbocycles. The molecule has 0 amide bonds. The van der Waals surface area contributed by atoms with E-state index >= 15 is 0 Å². The molecule has 0 aliphatic heterocycles. The van der Waals surface area contributed by atoms with Gasteiger partial charge in [-0.1, -0.05) is 37.8 Å². The van der Waals surface area contributed by atoms with Crippen LogP contribution in [0, 0.1) is 0 Å². The van der Waals surface area contributed by atoms with Gasteiger partial charge in [-0.05, 0) is 70.7 Å². The van der Waals surface area contributed by atoms with Crippen molar-refractivity contribution in [3.05, 3.63) is 23.5 Å². The van der Waals surface area contributed by atoms with E-state index in [1.165, 1.54) is 75.5 Å². The van der Waals surface area contributed by atoms with Gasteiger partial charge in [-0.3, -0.25) is 0 Å². The number of hydrogen-bond acceptors (Lipinski definition) is 1. The van der Waals surface area contributed by atoms with Crippen LogP contribution in [-0.2, 0) is 4.43 Å². The molecule has 0 heterocycles. The van der Waals surface area contributed by atoms with Gasteiger partial charge >= 0.3 is 0 Å². The fourth-order valence-electron chi connectivity index (χ4n) is 2.84. The van der Waals surface area contributed by atoms with Gasteiger partial charge in [0, 0.05) is 6.42 Å². The molecule has 1 aliphatic carbocycles. The van der Waals surface area contributed by atoms with Crippen LogP contribution in [0.25, 0.3) is 0 Å². The summed E-state index contributed by atoms with van der Waals surface area (Å²) in [5.74, 6) is 1.33. The largest absolute Gasteiger partial charge is 0.547 e. The third-order valence-corrected chi connectivity index (χ3v) is 4.88. The standard InChI is InChI=1S/C19H36OSi/c1-18-16-14-12-10-8-6-5-7-9-11-13-15-17-19(18)20-21(2,3)4/h8,10H,5-7,9,11-17H2,1-4H3/b10-8+,19-18+. The molecule has 0 fully saturated rings. The Balaban J connectivity index is 2.62. The van der Waals surface area contributed by atoms with Gasteiger partial charge in [0.2, 0.25) is 8.32 Å². The number of hydrogen-bond donors (Lipinski definition) is 0. The van der Waals surface area contributed by atoms with E-state index in [0.717, 1.165) is 6.42 Å². The minimum atomic E-state index is -1.47. The first-order valence-corrected chi connectivity index (χ1v) is 12.4. The third kappa shape index (κ3) is 9.95. The lowest BCUT2D eigenvalue weighted by atomic mass is 10.0. The molecule has 0 aromatic rings. The molecule has 0 radical (unpaired) electrons. The van der Waals surface area contributed by atoms with Crippen LogP contribution in [0.5, 0.6) is 0 Å². The predicted molar refractivity (Wildman–Crippen MR) is 97.1 cm³/mol. The normalized spacial score (nSPS) is 25.7. The lowest BCUT2D eigenvalue weighted by Gasteiger charge is -2.24. The number of rotatable bonds is 2. The SMILES string of the molecule is C/C1=C(\O[Si](C)(C)C)CCCCCCCC/C=C/CCC1. The van der Waals surface area contributed by atoms with E-state index in [0.29, 0.717) is 0 Å². The molecule has 0 saturated heterocycles. The second-order valence-electron chi connectivity index (χ2n) is 7.44. The molecule has 1 nitrogen and oxygen atoms in total. The molecule has 21 heavy (non-hydrogen) atoms. The first kappa shape index (κ1) is 18.5. The van der Waals surface area contributed by atoms with E-state index in [-0.39, 0.29) is 0 Å². The van der Waals surface area contributed by atoms with Crippen LogP contribution in [0.1, 0.15) is 77.6 Å². The van der Waals surface area contributed by atoms with Crippen LogP contribution in [0.2, 0.25) is 19.6 Å². The molecule has 0 unspecified atom stereocenters. The molecule has 0 aromatic carbocycles. The van der Waals surface area contributed by atoms with Crippen LogP contribution in [0.4, 0.5) is 0 Å². The zero-order valence-corrected chi connectivity index (χ0v) is 15.8. The van der Waals surface area contributed by atoms with Gasteiger partial charge < -0.3 is 4.43 Å². The first-order valence-electron chi connectivity index (χ1n) is 9.02. The zero-order valence-electron chi connectivity index (χ0n) is 14.8. The Hall–Kier alpha value is -0.503. The quantitative estimate of drug-likeness (QED) is 0.395. The van der Waals surface area contributed by atoms with Crippen molar-refractivity contribution in [3.8, 4) is 0 Å². The summed E-state index contributed by atoms with van der Waals surface area (Å²) in [5, 5.41) is 0. The Morgan fingerprint density at radius 2 is 1.33 bits per heavy atom. The highest BCUT2D eigenvalue weighted by Gasteiger charge is 2.18. The van der Waals surface area contributed by atoms with Gasteiger partial charge in [0.15, 0.2) is 0 Å². The lowest BCUT2D eigenvalue weighted by Crippen LogP contribution is -2.25. The molecule has 0 atom stereocenters. The second-order valence-corrected chi connectivity index (χ2v) is 11.9. The maximum Gasteiger partial charge on any atom is 0.241 e. The summed E-state index contributed by atoms with van der Waals surface area (Å²) in [7, 11) is -1.47. The predicted octanol–water partition coefficient (Wildman–Crippen LogP) is 6.97. The molecular formula is C19H36OSi. The van der Waals surface area contributed by atoms with E-state index in [1.54, 1.807) is 0 Å². The van der Waals surface area contributed by atoms with Gasteiger partial charge in [0.05, 0.1) is 5.76 Å². The van der Waals surface area contributed by atoms with Crippen molar-refractivity contribution in [2.45, 2.75) is 97.2 Å². The summed E-state index contributed by atoms with van der Waals surface area (Å²) >= 11 is 0. The van der Waals surface area contributed by atoms with Crippen molar-refractivity contribution in [2.24, 2.45) is 0 Å². The van der Waals surface area contributed by atoms with E-state index in [1.807, 2.05) is 0 Å². The minimum absolute atomic E-state index is 1.16. The molecule has 0 aromatic heterocycles. The van der Waals surface area contributed by atoms with Crippen LogP contribution < -0.4 is 0 Å².